The summed E-state index contributed by atoms with van der Waals surface area (Å²) in [6, 6.07) is 11.9. The van der Waals surface area contributed by atoms with Crippen molar-refractivity contribution in [1.82, 2.24) is 15.5 Å². The highest BCUT2D eigenvalue weighted by Crippen LogP contribution is 2.28. The van der Waals surface area contributed by atoms with Gasteiger partial charge in [0.15, 0.2) is 0 Å². The maximum atomic E-state index is 14.5. The lowest BCUT2D eigenvalue weighted by molar-refractivity contribution is -0.144. The standard InChI is InChI=1S/C34H49N3O7/c1-7-9-10-14-21-37(32(41)27(23-25-15-12-11-13-16-25)36-33(42)44-34(4,5)6)30(26-17-18-28(38)24(3)22-26)31(40)35-20-19-29(39)43-8-2/h11-13,15-18,22,27,30,38H,7-10,14,19-21,23H2,1-6H3,(H,35,40)(H,36,42). The Labute approximate surface area is 261 Å². The number of hydrogen-bond acceptors (Lipinski definition) is 7. The van der Waals surface area contributed by atoms with E-state index >= 15 is 0 Å². The maximum Gasteiger partial charge on any atom is 0.408 e. The molecule has 0 aliphatic rings. The second kappa shape index (κ2) is 17.9. The van der Waals surface area contributed by atoms with Gasteiger partial charge in [-0.1, -0.05) is 62.6 Å². The molecule has 2 atom stereocenters. The van der Waals surface area contributed by atoms with Gasteiger partial charge in [0.25, 0.3) is 0 Å². The van der Waals surface area contributed by atoms with Crippen molar-refractivity contribution in [1.29, 1.82) is 0 Å². The average molecular weight is 612 g/mol. The van der Waals surface area contributed by atoms with Crippen molar-refractivity contribution in [3.8, 4) is 5.75 Å². The summed E-state index contributed by atoms with van der Waals surface area (Å²) in [4.78, 5) is 54.8. The summed E-state index contributed by atoms with van der Waals surface area (Å²) >= 11 is 0. The van der Waals surface area contributed by atoms with Crippen molar-refractivity contribution in [2.75, 3.05) is 19.7 Å². The van der Waals surface area contributed by atoms with Gasteiger partial charge in [-0.3, -0.25) is 14.4 Å². The largest absolute Gasteiger partial charge is 0.508 e. The van der Waals surface area contributed by atoms with Crippen molar-refractivity contribution >= 4 is 23.9 Å². The van der Waals surface area contributed by atoms with Crippen LogP contribution in [0.3, 0.4) is 0 Å². The Hall–Kier alpha value is -4.08. The normalized spacial score (nSPS) is 12.5. The SMILES string of the molecule is CCCCCCN(C(=O)C(Cc1ccccc1)NC(=O)OC(C)(C)C)C(C(=O)NCCC(=O)OCC)c1ccc(O)c(C)c1. The van der Waals surface area contributed by atoms with Crippen LogP contribution in [-0.4, -0.2) is 65.2 Å². The van der Waals surface area contributed by atoms with Gasteiger partial charge in [0.05, 0.1) is 13.0 Å². The summed E-state index contributed by atoms with van der Waals surface area (Å²) in [6.45, 7) is 11.2. The van der Waals surface area contributed by atoms with Gasteiger partial charge in [-0.15, -0.1) is 0 Å². The third-order valence-corrected chi connectivity index (χ3v) is 6.84. The van der Waals surface area contributed by atoms with Crippen molar-refractivity contribution < 1.29 is 33.8 Å². The molecule has 0 aliphatic heterocycles. The van der Waals surface area contributed by atoms with E-state index in [1.54, 1.807) is 46.8 Å². The Morgan fingerprint density at radius 2 is 1.68 bits per heavy atom. The molecule has 2 aromatic carbocycles. The zero-order valence-corrected chi connectivity index (χ0v) is 27.0. The average Bonchev–Trinajstić information content (AvgIpc) is 2.95. The fourth-order valence-corrected chi connectivity index (χ4v) is 4.71. The van der Waals surface area contributed by atoms with Crippen LogP contribution in [0.15, 0.2) is 48.5 Å². The van der Waals surface area contributed by atoms with Crippen LogP contribution in [0.2, 0.25) is 0 Å². The first-order chi connectivity index (χ1) is 20.9. The van der Waals surface area contributed by atoms with Gasteiger partial charge >= 0.3 is 12.1 Å². The fraction of sp³-hybridized carbons (Fsp3) is 0.529. The highest BCUT2D eigenvalue weighted by atomic mass is 16.6. The van der Waals surface area contributed by atoms with Crippen LogP contribution in [0.5, 0.6) is 5.75 Å². The molecule has 2 rings (SSSR count). The Bertz CT molecular complexity index is 1230. The quantitative estimate of drug-likeness (QED) is 0.172. The minimum absolute atomic E-state index is 0.0205. The van der Waals surface area contributed by atoms with E-state index in [4.69, 9.17) is 9.47 Å². The molecule has 44 heavy (non-hydrogen) atoms. The zero-order chi connectivity index (χ0) is 32.7. The summed E-state index contributed by atoms with van der Waals surface area (Å²) in [6.07, 6.45) is 2.83. The number of hydrogen-bond donors (Lipinski definition) is 3. The van der Waals surface area contributed by atoms with E-state index in [9.17, 15) is 24.3 Å². The number of aromatic hydroxyl groups is 1. The number of phenols is 1. The van der Waals surface area contributed by atoms with E-state index in [0.717, 1.165) is 24.8 Å². The number of nitrogens with one attached hydrogen (secondary N) is 2. The van der Waals surface area contributed by atoms with Crippen LogP contribution >= 0.6 is 0 Å². The molecule has 3 amide bonds. The molecule has 10 heteroatoms. The molecule has 242 valence electrons. The molecule has 0 spiro atoms. The lowest BCUT2D eigenvalue weighted by Gasteiger charge is -2.35. The maximum absolute atomic E-state index is 14.5. The van der Waals surface area contributed by atoms with Crippen LogP contribution in [0.25, 0.3) is 0 Å². The first-order valence-corrected chi connectivity index (χ1v) is 15.4. The summed E-state index contributed by atoms with van der Waals surface area (Å²) in [5.74, 6) is -1.32. The first-order valence-electron chi connectivity index (χ1n) is 15.4. The molecule has 10 nitrogen and oxygen atoms in total. The van der Waals surface area contributed by atoms with Gasteiger partial charge in [0.1, 0.15) is 23.4 Å². The molecule has 0 aliphatic carbocycles. The molecule has 0 radical (unpaired) electrons. The number of benzene rings is 2. The number of nitrogens with zero attached hydrogens (tertiary/aromatic N) is 1. The number of esters is 1. The molecule has 0 fully saturated rings. The number of alkyl carbamates (subject to hydrolysis) is 1. The fourth-order valence-electron chi connectivity index (χ4n) is 4.71. The van der Waals surface area contributed by atoms with E-state index < -0.39 is 41.6 Å². The second-order valence-electron chi connectivity index (χ2n) is 11.8. The first kappa shape index (κ1) is 36.1. The number of unbranched alkanes of at least 4 members (excludes halogenated alkanes) is 3. The number of aryl methyl sites for hydroxylation is 1. The van der Waals surface area contributed by atoms with Gasteiger partial charge in [-0.2, -0.15) is 0 Å². The van der Waals surface area contributed by atoms with E-state index in [2.05, 4.69) is 17.6 Å². The molecule has 0 heterocycles. The number of phenolic OH excluding ortho intramolecular Hbond substituents is 1. The third-order valence-electron chi connectivity index (χ3n) is 6.84. The predicted molar refractivity (Wildman–Crippen MR) is 169 cm³/mol. The minimum Gasteiger partial charge on any atom is -0.508 e. The van der Waals surface area contributed by atoms with Crippen molar-refractivity contribution in [3.05, 3.63) is 65.2 Å². The molecule has 0 saturated heterocycles. The number of ether oxygens (including phenoxy) is 2. The summed E-state index contributed by atoms with van der Waals surface area (Å²) in [5, 5.41) is 15.8. The van der Waals surface area contributed by atoms with Crippen LogP contribution in [0.4, 0.5) is 4.79 Å². The molecule has 2 unspecified atom stereocenters. The lowest BCUT2D eigenvalue weighted by Crippen LogP contribution is -2.54. The Morgan fingerprint density at radius 3 is 2.30 bits per heavy atom. The molecular formula is C34H49N3O7. The van der Waals surface area contributed by atoms with Crippen LogP contribution in [-0.2, 0) is 30.3 Å². The van der Waals surface area contributed by atoms with Crippen LogP contribution in [0.1, 0.15) is 89.5 Å². The summed E-state index contributed by atoms with van der Waals surface area (Å²) < 4.78 is 10.5. The topological polar surface area (TPSA) is 134 Å². The third kappa shape index (κ3) is 12.3. The van der Waals surface area contributed by atoms with Crippen molar-refractivity contribution in [2.45, 2.75) is 97.8 Å². The van der Waals surface area contributed by atoms with Crippen molar-refractivity contribution in [2.24, 2.45) is 0 Å². The highest BCUT2D eigenvalue weighted by molar-refractivity contribution is 5.92. The predicted octanol–water partition coefficient (Wildman–Crippen LogP) is 5.36. The van der Waals surface area contributed by atoms with Gasteiger partial charge in [-0.25, -0.2) is 4.79 Å². The molecular weight excluding hydrogens is 562 g/mol. The number of rotatable bonds is 16. The molecule has 0 aromatic heterocycles. The van der Waals surface area contributed by atoms with Gasteiger partial charge in [0, 0.05) is 19.5 Å². The molecule has 0 bridgehead atoms. The summed E-state index contributed by atoms with van der Waals surface area (Å²) in [5.41, 5.74) is 1.07. The number of carbonyl (C=O) groups is 4. The zero-order valence-electron chi connectivity index (χ0n) is 27.0. The van der Waals surface area contributed by atoms with Crippen LogP contribution in [0, 0.1) is 6.92 Å². The number of amides is 3. The lowest BCUT2D eigenvalue weighted by atomic mass is 9.98. The number of carbonyl (C=O) groups excluding carboxylic acids is 4. The van der Waals surface area contributed by atoms with Gasteiger partial charge in [-0.05, 0) is 69.9 Å². The van der Waals surface area contributed by atoms with E-state index in [1.165, 1.54) is 11.0 Å². The van der Waals surface area contributed by atoms with Crippen LogP contribution < -0.4 is 10.6 Å². The Balaban J connectivity index is 2.54. The smallest absolute Gasteiger partial charge is 0.408 e. The highest BCUT2D eigenvalue weighted by Gasteiger charge is 2.36. The minimum atomic E-state index is -1.09. The van der Waals surface area contributed by atoms with E-state index in [0.29, 0.717) is 17.5 Å². The van der Waals surface area contributed by atoms with Crippen molar-refractivity contribution in [3.63, 3.8) is 0 Å². The molecule has 2 aromatic rings. The summed E-state index contributed by atoms with van der Waals surface area (Å²) in [7, 11) is 0. The van der Waals surface area contributed by atoms with E-state index in [-0.39, 0.29) is 38.3 Å². The Kier molecular flexibility index (Phi) is 14.7. The van der Waals surface area contributed by atoms with Gasteiger partial charge in [0.2, 0.25) is 11.8 Å². The van der Waals surface area contributed by atoms with E-state index in [1.807, 2.05) is 30.3 Å². The Morgan fingerprint density at radius 1 is 0.977 bits per heavy atom. The monoisotopic (exact) mass is 611 g/mol. The van der Waals surface area contributed by atoms with Gasteiger partial charge < -0.3 is 30.1 Å². The molecule has 3 N–H and O–H groups in total. The second-order valence-corrected chi connectivity index (χ2v) is 11.8. The molecule has 0 saturated carbocycles.